The van der Waals surface area contributed by atoms with E-state index >= 15 is 0 Å². The predicted octanol–water partition coefficient (Wildman–Crippen LogP) is 5.39. The Hall–Kier alpha value is -2.09. The van der Waals surface area contributed by atoms with Gasteiger partial charge in [0.2, 0.25) is 0 Å². The van der Waals surface area contributed by atoms with E-state index in [0.717, 1.165) is 23.1 Å². The van der Waals surface area contributed by atoms with Gasteiger partial charge in [0.25, 0.3) is 0 Å². The van der Waals surface area contributed by atoms with Crippen molar-refractivity contribution in [3.8, 4) is 5.75 Å². The van der Waals surface area contributed by atoms with Crippen molar-refractivity contribution >= 4 is 5.97 Å². The van der Waals surface area contributed by atoms with Gasteiger partial charge in [0.05, 0.1) is 5.92 Å². The molecule has 2 rings (SSSR count). The van der Waals surface area contributed by atoms with Crippen molar-refractivity contribution in [3.63, 3.8) is 0 Å². The number of carbonyl (C=O) groups excluding carboxylic acids is 1. The molecular weight excluding hydrogens is 284 g/mol. The third-order valence-corrected chi connectivity index (χ3v) is 4.16. The van der Waals surface area contributed by atoms with Crippen LogP contribution in [0.15, 0.2) is 48.5 Å². The van der Waals surface area contributed by atoms with E-state index in [1.807, 2.05) is 62.4 Å². The minimum atomic E-state index is -0.232. The van der Waals surface area contributed by atoms with Crippen molar-refractivity contribution in [2.45, 2.75) is 52.4 Å². The molecule has 0 saturated carbocycles. The van der Waals surface area contributed by atoms with Gasteiger partial charge < -0.3 is 4.74 Å². The highest BCUT2D eigenvalue weighted by Crippen LogP contribution is 2.33. The molecule has 2 aromatic carbocycles. The van der Waals surface area contributed by atoms with Gasteiger partial charge in [-0.3, -0.25) is 4.79 Å². The van der Waals surface area contributed by atoms with Crippen LogP contribution in [-0.4, -0.2) is 5.97 Å². The maximum Gasteiger partial charge on any atom is 0.318 e. The molecule has 2 aromatic rings. The summed E-state index contributed by atoms with van der Waals surface area (Å²) in [5.74, 6) is 0.250. The van der Waals surface area contributed by atoms with Crippen LogP contribution in [0.3, 0.4) is 0 Å². The van der Waals surface area contributed by atoms with Gasteiger partial charge in [-0.1, -0.05) is 70.2 Å². The Balaban J connectivity index is 2.30. The van der Waals surface area contributed by atoms with Crippen molar-refractivity contribution in [1.29, 1.82) is 0 Å². The van der Waals surface area contributed by atoms with Crippen molar-refractivity contribution in [3.05, 3.63) is 65.2 Å². The summed E-state index contributed by atoms with van der Waals surface area (Å²) in [6.07, 6.45) is 0.724. The van der Waals surface area contributed by atoms with Crippen LogP contribution in [0.4, 0.5) is 0 Å². The van der Waals surface area contributed by atoms with Crippen molar-refractivity contribution < 1.29 is 9.53 Å². The summed E-state index contributed by atoms with van der Waals surface area (Å²) in [5.41, 5.74) is 3.16. The number of aryl methyl sites for hydroxylation is 1. The van der Waals surface area contributed by atoms with Crippen molar-refractivity contribution in [1.82, 2.24) is 0 Å². The fraction of sp³-hybridized carbons (Fsp3) is 0.381. The molecule has 0 N–H and O–H groups in total. The molecule has 23 heavy (non-hydrogen) atoms. The molecular formula is C21H26O2. The highest BCUT2D eigenvalue weighted by Gasteiger charge is 2.25. The fourth-order valence-electron chi connectivity index (χ4n) is 2.85. The van der Waals surface area contributed by atoms with Gasteiger partial charge in [-0.2, -0.15) is 0 Å². The van der Waals surface area contributed by atoms with E-state index in [1.165, 1.54) is 0 Å². The van der Waals surface area contributed by atoms with Crippen LogP contribution < -0.4 is 4.74 Å². The highest BCUT2D eigenvalue weighted by molar-refractivity contribution is 5.81. The Bertz CT molecular complexity index is 680. The summed E-state index contributed by atoms with van der Waals surface area (Å²) < 4.78 is 5.80. The topological polar surface area (TPSA) is 26.3 Å². The molecule has 2 heteroatoms. The molecule has 0 aliphatic heterocycles. The van der Waals surface area contributed by atoms with Crippen LogP contribution in [0, 0.1) is 6.92 Å². The minimum absolute atomic E-state index is 0.0682. The summed E-state index contributed by atoms with van der Waals surface area (Å²) in [6, 6.07) is 15.8. The molecule has 0 saturated heterocycles. The summed E-state index contributed by atoms with van der Waals surface area (Å²) in [7, 11) is 0. The van der Waals surface area contributed by atoms with Gasteiger partial charge in [0.1, 0.15) is 5.75 Å². The lowest BCUT2D eigenvalue weighted by Gasteiger charge is -2.23. The van der Waals surface area contributed by atoms with E-state index in [1.54, 1.807) is 0 Å². The third kappa shape index (κ3) is 4.01. The summed E-state index contributed by atoms with van der Waals surface area (Å²) in [6.45, 7) is 10.4. The molecule has 1 atom stereocenters. The van der Waals surface area contributed by atoms with E-state index in [2.05, 4.69) is 20.8 Å². The molecule has 2 nitrogen and oxygen atoms in total. The Labute approximate surface area is 139 Å². The number of hydrogen-bond acceptors (Lipinski definition) is 2. The molecule has 122 valence electrons. The summed E-state index contributed by atoms with van der Waals surface area (Å²) >= 11 is 0. The van der Waals surface area contributed by atoms with Crippen LogP contribution >= 0.6 is 0 Å². The minimum Gasteiger partial charge on any atom is -0.426 e. The largest absolute Gasteiger partial charge is 0.426 e. The van der Waals surface area contributed by atoms with Crippen LogP contribution in [-0.2, 0) is 10.2 Å². The first-order chi connectivity index (χ1) is 10.8. The van der Waals surface area contributed by atoms with E-state index in [9.17, 15) is 4.79 Å². The number of para-hydroxylation sites is 1. The lowest BCUT2D eigenvalue weighted by molar-refractivity contribution is -0.136. The second kappa shape index (κ2) is 6.99. The Morgan fingerprint density at radius 3 is 2.26 bits per heavy atom. The molecule has 0 spiro atoms. The first-order valence-electron chi connectivity index (χ1n) is 8.21. The molecule has 0 bridgehead atoms. The smallest absolute Gasteiger partial charge is 0.318 e. The van der Waals surface area contributed by atoms with Crippen LogP contribution in [0.2, 0.25) is 0 Å². The third-order valence-electron chi connectivity index (χ3n) is 4.16. The van der Waals surface area contributed by atoms with Gasteiger partial charge in [-0.25, -0.2) is 0 Å². The lowest BCUT2D eigenvalue weighted by Crippen LogP contribution is -2.21. The standard InChI is InChI=1S/C21H26O2/c1-6-16(17-12-8-7-11-15(17)2)20(22)23-19-14-10-9-13-18(19)21(3,4)5/h7-14,16H,6H2,1-5H3/t16-/m1/s1. The highest BCUT2D eigenvalue weighted by atomic mass is 16.5. The Morgan fingerprint density at radius 1 is 1.04 bits per heavy atom. The van der Waals surface area contributed by atoms with E-state index in [0.29, 0.717) is 5.75 Å². The predicted molar refractivity (Wildman–Crippen MR) is 95.0 cm³/mol. The van der Waals surface area contributed by atoms with E-state index in [4.69, 9.17) is 4.74 Å². The molecule has 0 heterocycles. The van der Waals surface area contributed by atoms with E-state index < -0.39 is 0 Å². The molecule has 0 aliphatic rings. The number of carbonyl (C=O) groups is 1. The first kappa shape index (κ1) is 17.3. The zero-order valence-corrected chi connectivity index (χ0v) is 14.7. The average Bonchev–Trinajstić information content (AvgIpc) is 2.49. The second-order valence-corrected chi connectivity index (χ2v) is 6.98. The van der Waals surface area contributed by atoms with E-state index in [-0.39, 0.29) is 17.3 Å². The number of esters is 1. The molecule has 0 aromatic heterocycles. The van der Waals surface area contributed by atoms with Crippen molar-refractivity contribution in [2.24, 2.45) is 0 Å². The normalized spacial score (nSPS) is 12.7. The zero-order chi connectivity index (χ0) is 17.0. The van der Waals surface area contributed by atoms with Crippen LogP contribution in [0.1, 0.15) is 56.7 Å². The Kier molecular flexibility index (Phi) is 5.25. The molecule has 0 unspecified atom stereocenters. The number of hydrogen-bond donors (Lipinski definition) is 0. The zero-order valence-electron chi connectivity index (χ0n) is 14.7. The lowest BCUT2D eigenvalue weighted by atomic mass is 9.86. The average molecular weight is 310 g/mol. The van der Waals surface area contributed by atoms with Gasteiger partial charge in [-0.05, 0) is 36.0 Å². The first-order valence-corrected chi connectivity index (χ1v) is 8.21. The number of rotatable bonds is 4. The van der Waals surface area contributed by atoms with Gasteiger partial charge in [0, 0.05) is 5.56 Å². The molecule has 0 fully saturated rings. The van der Waals surface area contributed by atoms with Crippen LogP contribution in [0.25, 0.3) is 0 Å². The van der Waals surface area contributed by atoms with Crippen molar-refractivity contribution in [2.75, 3.05) is 0 Å². The summed E-state index contributed by atoms with van der Waals surface area (Å²) in [5, 5.41) is 0. The number of ether oxygens (including phenoxy) is 1. The maximum atomic E-state index is 12.8. The van der Waals surface area contributed by atoms with Gasteiger partial charge >= 0.3 is 5.97 Å². The fourth-order valence-corrected chi connectivity index (χ4v) is 2.85. The Morgan fingerprint density at radius 2 is 1.65 bits per heavy atom. The summed E-state index contributed by atoms with van der Waals surface area (Å²) in [4.78, 5) is 12.8. The van der Waals surface area contributed by atoms with Gasteiger partial charge in [0.15, 0.2) is 0 Å². The monoisotopic (exact) mass is 310 g/mol. The quantitative estimate of drug-likeness (QED) is 0.559. The maximum absolute atomic E-state index is 12.8. The number of benzene rings is 2. The SMILES string of the molecule is CC[C@@H](C(=O)Oc1ccccc1C(C)(C)C)c1ccccc1C. The van der Waals surface area contributed by atoms with Crippen LogP contribution in [0.5, 0.6) is 5.75 Å². The second-order valence-electron chi connectivity index (χ2n) is 6.98. The molecule has 0 aliphatic carbocycles. The molecule has 0 radical (unpaired) electrons. The molecule has 0 amide bonds. The van der Waals surface area contributed by atoms with Gasteiger partial charge in [-0.15, -0.1) is 0 Å².